The molecule has 110 valence electrons. The van der Waals surface area contributed by atoms with Crippen LogP contribution in [0.25, 0.3) is 17.2 Å². The van der Waals surface area contributed by atoms with Gasteiger partial charge in [-0.15, -0.1) is 5.10 Å². The van der Waals surface area contributed by atoms with Crippen LogP contribution < -0.4 is 0 Å². The van der Waals surface area contributed by atoms with Gasteiger partial charge in [0.05, 0.1) is 11.3 Å². The Morgan fingerprint density at radius 1 is 1.18 bits per heavy atom. The minimum absolute atomic E-state index is 0.131. The van der Waals surface area contributed by atoms with E-state index in [2.05, 4.69) is 22.0 Å². The molecule has 5 nitrogen and oxygen atoms in total. The van der Waals surface area contributed by atoms with Gasteiger partial charge in [0, 0.05) is 23.2 Å². The highest BCUT2D eigenvalue weighted by atomic mass is 35.5. The summed E-state index contributed by atoms with van der Waals surface area (Å²) in [5, 5.41) is 5.09. The monoisotopic (exact) mass is 312 g/mol. The van der Waals surface area contributed by atoms with Crippen LogP contribution in [0.2, 0.25) is 5.02 Å². The van der Waals surface area contributed by atoms with Crippen molar-refractivity contribution in [3.05, 3.63) is 46.7 Å². The second kappa shape index (κ2) is 4.88. The number of fused-ring (bicyclic) bond motifs is 2. The van der Waals surface area contributed by atoms with Crippen LogP contribution in [0.1, 0.15) is 29.4 Å². The van der Waals surface area contributed by atoms with Crippen molar-refractivity contribution in [2.75, 3.05) is 0 Å². The quantitative estimate of drug-likeness (QED) is 0.692. The fourth-order valence-corrected chi connectivity index (χ4v) is 2.92. The van der Waals surface area contributed by atoms with Crippen LogP contribution in [-0.4, -0.2) is 25.4 Å². The molecule has 0 saturated carbocycles. The topological polar surface area (TPSA) is 60.2 Å². The maximum Gasteiger partial charge on any atom is 0.252 e. The summed E-state index contributed by atoms with van der Waals surface area (Å²) in [5.74, 6) is 1.55. The van der Waals surface area contributed by atoms with Crippen LogP contribution >= 0.6 is 11.6 Å². The minimum atomic E-state index is 0.131. The molecule has 4 rings (SSSR count). The number of nitrogens with zero attached hydrogens (tertiary/aromatic N) is 4. The first-order valence-electron chi connectivity index (χ1n) is 7.15. The van der Waals surface area contributed by atoms with E-state index >= 15 is 0 Å². The van der Waals surface area contributed by atoms with Gasteiger partial charge in [-0.3, -0.25) is 4.79 Å². The van der Waals surface area contributed by atoms with Gasteiger partial charge in [0.15, 0.2) is 11.6 Å². The number of Topliss-reactive ketones (excluding diaryl/α,β-unsaturated/α-hetero) is 1. The van der Waals surface area contributed by atoms with Crippen LogP contribution in [0, 0.1) is 5.92 Å². The number of hydrogen-bond acceptors (Lipinski definition) is 4. The summed E-state index contributed by atoms with van der Waals surface area (Å²) in [4.78, 5) is 21.1. The standard InChI is InChI=1S/C16H13ClN4O/c1-9-6-13-12(14(22)7-9)8-21-16(18-13)19-15(20-21)10-2-4-11(17)5-3-10/h2-5,8-9H,6-7H2,1H3/t9-/m1/s1. The number of hydrogen-bond donors (Lipinski definition) is 0. The number of halogens is 1. The minimum Gasteiger partial charge on any atom is -0.294 e. The maximum absolute atomic E-state index is 12.1. The normalized spacial score (nSPS) is 17.7. The molecule has 0 aliphatic heterocycles. The first-order chi connectivity index (χ1) is 10.6. The molecule has 22 heavy (non-hydrogen) atoms. The van der Waals surface area contributed by atoms with Crippen molar-refractivity contribution in [1.29, 1.82) is 0 Å². The Hall–Kier alpha value is -2.27. The van der Waals surface area contributed by atoms with Gasteiger partial charge in [-0.05, 0) is 36.6 Å². The Morgan fingerprint density at radius 2 is 1.95 bits per heavy atom. The lowest BCUT2D eigenvalue weighted by molar-refractivity contribution is 0.0951. The van der Waals surface area contributed by atoms with Crippen molar-refractivity contribution in [2.45, 2.75) is 19.8 Å². The highest BCUT2D eigenvalue weighted by Gasteiger charge is 2.25. The lowest BCUT2D eigenvalue weighted by atomic mass is 9.88. The van der Waals surface area contributed by atoms with Crippen molar-refractivity contribution in [3.8, 4) is 11.4 Å². The molecule has 1 atom stereocenters. The molecule has 1 aliphatic rings. The summed E-state index contributed by atoms with van der Waals surface area (Å²) in [5.41, 5.74) is 2.36. The van der Waals surface area contributed by atoms with Gasteiger partial charge in [0.25, 0.3) is 5.78 Å². The number of aromatic nitrogens is 4. The number of carbonyl (C=O) groups is 1. The van der Waals surface area contributed by atoms with E-state index in [4.69, 9.17) is 11.6 Å². The molecule has 3 aromatic rings. The number of ketones is 1. The van der Waals surface area contributed by atoms with Crippen LogP contribution in [0.5, 0.6) is 0 Å². The Bertz CT molecular complexity index is 885. The maximum atomic E-state index is 12.1. The van der Waals surface area contributed by atoms with E-state index in [1.165, 1.54) is 0 Å². The van der Waals surface area contributed by atoms with Gasteiger partial charge in [0.2, 0.25) is 0 Å². The van der Waals surface area contributed by atoms with E-state index < -0.39 is 0 Å². The molecule has 6 heteroatoms. The van der Waals surface area contributed by atoms with E-state index in [9.17, 15) is 4.79 Å². The summed E-state index contributed by atoms with van der Waals surface area (Å²) >= 11 is 5.90. The van der Waals surface area contributed by atoms with Crippen molar-refractivity contribution >= 4 is 23.2 Å². The van der Waals surface area contributed by atoms with Crippen molar-refractivity contribution < 1.29 is 4.79 Å². The smallest absolute Gasteiger partial charge is 0.252 e. The van der Waals surface area contributed by atoms with Gasteiger partial charge in [-0.25, -0.2) is 9.50 Å². The van der Waals surface area contributed by atoms with Crippen molar-refractivity contribution in [2.24, 2.45) is 5.92 Å². The molecular weight excluding hydrogens is 300 g/mol. The summed E-state index contributed by atoms with van der Waals surface area (Å²) in [6.07, 6.45) is 3.12. The highest BCUT2D eigenvalue weighted by Crippen LogP contribution is 2.25. The lowest BCUT2D eigenvalue weighted by Crippen LogP contribution is -2.20. The van der Waals surface area contributed by atoms with E-state index in [0.717, 1.165) is 17.7 Å². The van der Waals surface area contributed by atoms with Crippen LogP contribution in [0.4, 0.5) is 0 Å². The van der Waals surface area contributed by atoms with E-state index in [0.29, 0.717) is 34.5 Å². The molecular formula is C16H13ClN4O. The summed E-state index contributed by atoms with van der Waals surface area (Å²) in [7, 11) is 0. The molecule has 2 heterocycles. The van der Waals surface area contributed by atoms with E-state index in [1.54, 1.807) is 22.8 Å². The first-order valence-corrected chi connectivity index (χ1v) is 7.53. The molecule has 1 aliphatic carbocycles. The van der Waals surface area contributed by atoms with Gasteiger partial charge in [-0.1, -0.05) is 18.5 Å². The Labute approximate surface area is 132 Å². The van der Waals surface area contributed by atoms with Crippen molar-refractivity contribution in [3.63, 3.8) is 0 Å². The van der Waals surface area contributed by atoms with Crippen molar-refractivity contribution in [1.82, 2.24) is 19.6 Å². The van der Waals surface area contributed by atoms with Gasteiger partial charge in [-0.2, -0.15) is 4.98 Å². The third kappa shape index (κ3) is 2.18. The fourth-order valence-electron chi connectivity index (χ4n) is 2.79. The average Bonchev–Trinajstić information content (AvgIpc) is 2.89. The first kappa shape index (κ1) is 13.4. The van der Waals surface area contributed by atoms with E-state index in [1.807, 2.05) is 12.1 Å². The molecule has 0 amide bonds. The SMILES string of the molecule is C[C@H]1CC(=O)c2cn3nc(-c4ccc(Cl)cc4)nc3nc2C1. The largest absolute Gasteiger partial charge is 0.294 e. The zero-order chi connectivity index (χ0) is 15.3. The molecule has 2 aromatic heterocycles. The fraction of sp³-hybridized carbons (Fsp3) is 0.250. The number of benzene rings is 1. The predicted octanol–water partition coefficient (Wildman–Crippen LogP) is 3.21. The third-order valence-corrected chi connectivity index (χ3v) is 4.14. The molecule has 0 radical (unpaired) electrons. The van der Waals surface area contributed by atoms with Crippen LogP contribution in [0.15, 0.2) is 30.5 Å². The zero-order valence-corrected chi connectivity index (χ0v) is 12.7. The highest BCUT2D eigenvalue weighted by molar-refractivity contribution is 6.30. The molecule has 0 bridgehead atoms. The Balaban J connectivity index is 1.84. The second-order valence-corrected chi connectivity index (χ2v) is 6.16. The molecule has 0 unspecified atom stereocenters. The second-order valence-electron chi connectivity index (χ2n) is 5.72. The zero-order valence-electron chi connectivity index (χ0n) is 12.0. The lowest BCUT2D eigenvalue weighted by Gasteiger charge is -2.18. The predicted molar refractivity (Wildman–Crippen MR) is 83.0 cm³/mol. The number of carbonyl (C=O) groups excluding carboxylic acids is 1. The molecule has 1 aromatic carbocycles. The molecule has 0 fully saturated rings. The molecule has 0 spiro atoms. The number of rotatable bonds is 1. The van der Waals surface area contributed by atoms with Crippen LogP contribution in [-0.2, 0) is 6.42 Å². The van der Waals surface area contributed by atoms with Gasteiger partial charge in [0.1, 0.15) is 0 Å². The summed E-state index contributed by atoms with van der Waals surface area (Å²) in [6, 6.07) is 7.33. The summed E-state index contributed by atoms with van der Waals surface area (Å²) < 4.78 is 1.58. The van der Waals surface area contributed by atoms with Gasteiger partial charge < -0.3 is 0 Å². The molecule has 0 N–H and O–H groups in total. The molecule has 0 saturated heterocycles. The van der Waals surface area contributed by atoms with Gasteiger partial charge >= 0.3 is 0 Å². The Morgan fingerprint density at radius 3 is 2.73 bits per heavy atom. The summed E-state index contributed by atoms with van der Waals surface area (Å²) in [6.45, 7) is 2.07. The average molecular weight is 313 g/mol. The van der Waals surface area contributed by atoms with E-state index in [-0.39, 0.29) is 5.78 Å². The Kier molecular flexibility index (Phi) is 2.97. The third-order valence-electron chi connectivity index (χ3n) is 3.89. The van der Waals surface area contributed by atoms with Crippen LogP contribution in [0.3, 0.4) is 0 Å².